The molecule has 24 heavy (non-hydrogen) atoms. The fraction of sp³-hybridized carbons (Fsp3) is 0.750. The van der Waals surface area contributed by atoms with Crippen molar-refractivity contribution in [1.82, 2.24) is 10.2 Å². The van der Waals surface area contributed by atoms with Gasteiger partial charge in [-0.15, -0.1) is 6.58 Å². The van der Waals surface area contributed by atoms with Crippen LogP contribution in [0, 0.1) is 0 Å². The Labute approximate surface area is 149 Å². The second-order valence-corrected chi connectivity index (χ2v) is 6.21. The Kier molecular flexibility index (Phi) is 17.4. The van der Waals surface area contributed by atoms with Gasteiger partial charge in [-0.1, -0.05) is 38.0 Å². The van der Waals surface area contributed by atoms with Crippen LogP contribution in [0.2, 0.25) is 0 Å². The van der Waals surface area contributed by atoms with Crippen LogP contribution in [-0.2, 0) is 4.79 Å². The van der Waals surface area contributed by atoms with Gasteiger partial charge in [0.05, 0.1) is 6.61 Å². The van der Waals surface area contributed by atoms with E-state index >= 15 is 0 Å². The molecule has 0 spiro atoms. The van der Waals surface area contributed by atoms with E-state index in [1.807, 2.05) is 6.08 Å². The molecule has 0 heterocycles. The number of hydrogen-bond acceptors (Lipinski definition) is 3. The first kappa shape index (κ1) is 22.9. The van der Waals surface area contributed by atoms with Crippen molar-refractivity contribution >= 4 is 5.91 Å². The molecular formula is C20H38N2O2. The zero-order valence-electron chi connectivity index (χ0n) is 15.6. The predicted molar refractivity (Wildman–Crippen MR) is 103 cm³/mol. The van der Waals surface area contributed by atoms with Gasteiger partial charge in [-0.25, -0.2) is 0 Å². The Morgan fingerprint density at radius 2 is 1.83 bits per heavy atom. The first-order valence-corrected chi connectivity index (χ1v) is 9.60. The van der Waals surface area contributed by atoms with E-state index in [0.29, 0.717) is 19.5 Å². The van der Waals surface area contributed by atoms with Crippen molar-refractivity contribution in [2.24, 2.45) is 0 Å². The minimum atomic E-state index is 0.139. The van der Waals surface area contributed by atoms with Crippen molar-refractivity contribution in [3.63, 3.8) is 0 Å². The molecule has 4 heteroatoms. The molecule has 0 rings (SSSR count). The SMILES string of the molecule is C=CCCCCCC(=O)NCCN(CCO)CCC/C=C/CCC. The molecule has 0 radical (unpaired) electrons. The van der Waals surface area contributed by atoms with E-state index in [2.05, 4.69) is 35.9 Å². The third kappa shape index (κ3) is 15.8. The number of carbonyl (C=O) groups excluding carboxylic acids is 1. The van der Waals surface area contributed by atoms with E-state index in [0.717, 1.165) is 58.0 Å². The van der Waals surface area contributed by atoms with Crippen LogP contribution in [0.15, 0.2) is 24.8 Å². The summed E-state index contributed by atoms with van der Waals surface area (Å²) in [5, 5.41) is 12.1. The van der Waals surface area contributed by atoms with E-state index in [4.69, 9.17) is 5.11 Å². The fourth-order valence-electron chi connectivity index (χ4n) is 2.50. The van der Waals surface area contributed by atoms with E-state index in [9.17, 15) is 4.79 Å². The Morgan fingerprint density at radius 3 is 2.54 bits per heavy atom. The van der Waals surface area contributed by atoms with Crippen molar-refractivity contribution in [2.45, 2.75) is 64.7 Å². The lowest BCUT2D eigenvalue weighted by atomic mass is 10.1. The number of allylic oxidation sites excluding steroid dienone is 3. The number of aliphatic hydroxyl groups excluding tert-OH is 1. The molecule has 0 aromatic rings. The monoisotopic (exact) mass is 338 g/mol. The highest BCUT2D eigenvalue weighted by atomic mass is 16.3. The van der Waals surface area contributed by atoms with Gasteiger partial charge >= 0.3 is 0 Å². The number of unbranched alkanes of at least 4 members (excludes halogenated alkanes) is 5. The molecule has 2 N–H and O–H groups in total. The lowest BCUT2D eigenvalue weighted by Crippen LogP contribution is -2.36. The van der Waals surface area contributed by atoms with E-state index in [-0.39, 0.29) is 12.5 Å². The van der Waals surface area contributed by atoms with E-state index < -0.39 is 0 Å². The maximum absolute atomic E-state index is 11.8. The molecule has 1 amide bonds. The minimum Gasteiger partial charge on any atom is -0.395 e. The highest BCUT2D eigenvalue weighted by Gasteiger charge is 2.05. The number of carbonyl (C=O) groups is 1. The van der Waals surface area contributed by atoms with Crippen LogP contribution in [0.3, 0.4) is 0 Å². The summed E-state index contributed by atoms with van der Waals surface area (Å²) in [4.78, 5) is 14.0. The maximum Gasteiger partial charge on any atom is 0.220 e. The topological polar surface area (TPSA) is 52.6 Å². The Bertz CT molecular complexity index is 330. The van der Waals surface area contributed by atoms with Crippen molar-refractivity contribution in [2.75, 3.05) is 32.8 Å². The second-order valence-electron chi connectivity index (χ2n) is 6.21. The number of nitrogens with one attached hydrogen (secondary N) is 1. The molecule has 0 bridgehead atoms. The summed E-state index contributed by atoms with van der Waals surface area (Å²) < 4.78 is 0. The predicted octanol–water partition coefficient (Wildman–Crippen LogP) is 3.67. The van der Waals surface area contributed by atoms with Crippen molar-refractivity contribution in [1.29, 1.82) is 0 Å². The summed E-state index contributed by atoms with van der Waals surface area (Å²) in [7, 11) is 0. The zero-order valence-corrected chi connectivity index (χ0v) is 15.6. The fourth-order valence-corrected chi connectivity index (χ4v) is 2.50. The van der Waals surface area contributed by atoms with Gasteiger partial charge in [0.15, 0.2) is 0 Å². The summed E-state index contributed by atoms with van der Waals surface area (Å²) in [5.74, 6) is 0.139. The highest BCUT2D eigenvalue weighted by molar-refractivity contribution is 5.75. The summed E-state index contributed by atoms with van der Waals surface area (Å²) in [6.45, 7) is 9.17. The highest BCUT2D eigenvalue weighted by Crippen LogP contribution is 2.03. The molecule has 4 nitrogen and oxygen atoms in total. The number of nitrogens with zero attached hydrogens (tertiary/aromatic N) is 1. The van der Waals surface area contributed by atoms with Gasteiger partial charge in [0.2, 0.25) is 5.91 Å². The third-order valence-electron chi connectivity index (χ3n) is 3.95. The van der Waals surface area contributed by atoms with Crippen LogP contribution in [0.5, 0.6) is 0 Å². The summed E-state index contributed by atoms with van der Waals surface area (Å²) in [6, 6.07) is 0. The molecule has 0 saturated heterocycles. The first-order valence-electron chi connectivity index (χ1n) is 9.60. The number of amides is 1. The van der Waals surface area contributed by atoms with Crippen molar-refractivity contribution in [3.8, 4) is 0 Å². The van der Waals surface area contributed by atoms with Crippen LogP contribution in [0.25, 0.3) is 0 Å². The van der Waals surface area contributed by atoms with Crippen molar-refractivity contribution < 1.29 is 9.90 Å². The van der Waals surface area contributed by atoms with Gasteiger partial charge in [-0.2, -0.15) is 0 Å². The molecule has 0 aliphatic rings. The molecule has 0 aromatic heterocycles. The number of rotatable bonds is 17. The first-order chi connectivity index (χ1) is 11.7. The minimum absolute atomic E-state index is 0.139. The average Bonchev–Trinajstić information content (AvgIpc) is 2.57. The molecule has 140 valence electrons. The van der Waals surface area contributed by atoms with Gasteiger partial charge in [0.25, 0.3) is 0 Å². The van der Waals surface area contributed by atoms with Gasteiger partial charge in [-0.05, 0) is 45.1 Å². The zero-order chi connectivity index (χ0) is 17.9. The molecule has 0 saturated carbocycles. The van der Waals surface area contributed by atoms with Gasteiger partial charge in [0, 0.05) is 26.1 Å². The molecule has 0 atom stereocenters. The molecule has 0 aliphatic carbocycles. The largest absolute Gasteiger partial charge is 0.395 e. The van der Waals surface area contributed by atoms with Crippen LogP contribution in [-0.4, -0.2) is 48.7 Å². The number of aliphatic hydroxyl groups is 1. The normalized spacial score (nSPS) is 11.3. The second kappa shape index (κ2) is 18.2. The molecule has 0 fully saturated rings. The van der Waals surface area contributed by atoms with Crippen LogP contribution < -0.4 is 5.32 Å². The quantitative estimate of drug-likeness (QED) is 0.314. The van der Waals surface area contributed by atoms with Crippen LogP contribution in [0.1, 0.15) is 64.7 Å². The molecule has 0 aromatic carbocycles. The van der Waals surface area contributed by atoms with E-state index in [1.54, 1.807) is 0 Å². The van der Waals surface area contributed by atoms with Crippen LogP contribution >= 0.6 is 0 Å². The molecular weight excluding hydrogens is 300 g/mol. The van der Waals surface area contributed by atoms with E-state index in [1.165, 1.54) is 6.42 Å². The summed E-state index contributed by atoms with van der Waals surface area (Å²) in [6.07, 6.45) is 15.7. The maximum atomic E-state index is 11.8. The Morgan fingerprint density at radius 1 is 1.04 bits per heavy atom. The van der Waals surface area contributed by atoms with Gasteiger partial charge in [0.1, 0.15) is 0 Å². The average molecular weight is 339 g/mol. The third-order valence-corrected chi connectivity index (χ3v) is 3.95. The smallest absolute Gasteiger partial charge is 0.220 e. The Hall–Kier alpha value is -1.13. The standard InChI is InChI=1S/C20H38N2O2/c1-3-5-7-9-11-13-16-22(18-19-23)17-15-21-20(24)14-12-10-8-6-4-2/h4,7,9,23H,2-3,5-6,8,10-19H2,1H3,(H,21,24)/b9-7+. The van der Waals surface area contributed by atoms with Gasteiger partial charge in [-0.3, -0.25) is 9.69 Å². The number of hydrogen-bond donors (Lipinski definition) is 2. The summed E-state index contributed by atoms with van der Waals surface area (Å²) >= 11 is 0. The summed E-state index contributed by atoms with van der Waals surface area (Å²) in [5.41, 5.74) is 0. The van der Waals surface area contributed by atoms with Crippen LogP contribution in [0.4, 0.5) is 0 Å². The molecule has 0 unspecified atom stereocenters. The lowest BCUT2D eigenvalue weighted by molar-refractivity contribution is -0.121. The Balaban J connectivity index is 3.71. The van der Waals surface area contributed by atoms with Gasteiger partial charge < -0.3 is 10.4 Å². The lowest BCUT2D eigenvalue weighted by Gasteiger charge is -2.21. The van der Waals surface area contributed by atoms with Crippen molar-refractivity contribution in [3.05, 3.63) is 24.8 Å². The molecule has 0 aliphatic heterocycles.